The lowest BCUT2D eigenvalue weighted by Gasteiger charge is -2.30. The molecule has 1 aromatic heterocycles. The van der Waals surface area contributed by atoms with Gasteiger partial charge < -0.3 is 9.26 Å². The number of nitrogens with zero attached hydrogens (tertiary/aromatic N) is 3. The molecule has 5 nitrogen and oxygen atoms in total. The number of aromatic nitrogens is 2. The Labute approximate surface area is 160 Å². The Morgan fingerprint density at radius 3 is 2.52 bits per heavy atom. The van der Waals surface area contributed by atoms with Gasteiger partial charge in [0.15, 0.2) is 0 Å². The summed E-state index contributed by atoms with van der Waals surface area (Å²) in [5, 5.41) is 4.12. The van der Waals surface area contributed by atoms with Crippen molar-refractivity contribution in [3.63, 3.8) is 0 Å². The molecule has 1 aliphatic rings. The summed E-state index contributed by atoms with van der Waals surface area (Å²) in [6, 6.07) is 18.5. The van der Waals surface area contributed by atoms with Crippen LogP contribution in [-0.4, -0.2) is 34.2 Å². The van der Waals surface area contributed by atoms with Crippen LogP contribution in [0.4, 0.5) is 0 Å². The van der Waals surface area contributed by atoms with Gasteiger partial charge >= 0.3 is 0 Å². The van der Waals surface area contributed by atoms with E-state index in [0.717, 1.165) is 31.5 Å². The highest BCUT2D eigenvalue weighted by molar-refractivity contribution is 5.54. The summed E-state index contributed by atoms with van der Waals surface area (Å²) in [6.45, 7) is 5.43. The fourth-order valence-corrected chi connectivity index (χ4v) is 3.35. The van der Waals surface area contributed by atoms with Crippen molar-refractivity contribution >= 4 is 0 Å². The van der Waals surface area contributed by atoms with Crippen LogP contribution in [0.5, 0.6) is 0 Å². The molecular formula is C22H25N3O2. The van der Waals surface area contributed by atoms with Crippen molar-refractivity contribution < 1.29 is 9.26 Å². The van der Waals surface area contributed by atoms with Gasteiger partial charge in [0.05, 0.1) is 19.3 Å². The van der Waals surface area contributed by atoms with Gasteiger partial charge in [-0.3, -0.25) is 4.90 Å². The Morgan fingerprint density at radius 2 is 1.78 bits per heavy atom. The van der Waals surface area contributed by atoms with Crippen molar-refractivity contribution in [1.29, 1.82) is 0 Å². The average Bonchev–Trinajstić information content (AvgIpc) is 3.17. The fourth-order valence-electron chi connectivity index (χ4n) is 3.35. The van der Waals surface area contributed by atoms with E-state index >= 15 is 0 Å². The maximum atomic E-state index is 6.06. The van der Waals surface area contributed by atoms with Gasteiger partial charge in [-0.1, -0.05) is 65.3 Å². The second kappa shape index (κ2) is 8.46. The molecule has 2 heterocycles. The smallest absolute Gasteiger partial charge is 0.241 e. The van der Waals surface area contributed by atoms with E-state index in [1.165, 1.54) is 11.1 Å². The Bertz CT molecular complexity index is 838. The molecule has 27 heavy (non-hydrogen) atoms. The minimum Gasteiger partial charge on any atom is -0.373 e. The van der Waals surface area contributed by atoms with Crippen LogP contribution in [0.15, 0.2) is 59.1 Å². The Balaban J connectivity index is 1.25. The van der Waals surface area contributed by atoms with E-state index in [2.05, 4.69) is 58.4 Å². The van der Waals surface area contributed by atoms with Gasteiger partial charge in [0.2, 0.25) is 11.7 Å². The Hall–Kier alpha value is -2.50. The van der Waals surface area contributed by atoms with E-state index in [9.17, 15) is 0 Å². The molecule has 0 radical (unpaired) electrons. The highest BCUT2D eigenvalue weighted by atomic mass is 16.5. The highest BCUT2D eigenvalue weighted by Gasteiger charge is 2.21. The summed E-state index contributed by atoms with van der Waals surface area (Å²) in [5.41, 5.74) is 3.44. The third-order valence-electron chi connectivity index (χ3n) is 5.00. The maximum Gasteiger partial charge on any atom is 0.241 e. The van der Waals surface area contributed by atoms with Gasteiger partial charge in [-0.2, -0.15) is 4.98 Å². The molecule has 0 atom stereocenters. The van der Waals surface area contributed by atoms with Crippen LogP contribution >= 0.6 is 0 Å². The van der Waals surface area contributed by atoms with E-state index in [4.69, 9.17) is 9.26 Å². The summed E-state index contributed by atoms with van der Waals surface area (Å²) in [7, 11) is 0. The van der Waals surface area contributed by atoms with E-state index in [0.29, 0.717) is 31.0 Å². The predicted molar refractivity (Wildman–Crippen MR) is 104 cm³/mol. The molecule has 5 heteroatoms. The number of likely N-dealkylation sites (tertiary alicyclic amines) is 1. The zero-order valence-electron chi connectivity index (χ0n) is 15.7. The molecule has 0 unspecified atom stereocenters. The molecule has 2 aromatic carbocycles. The summed E-state index contributed by atoms with van der Waals surface area (Å²) in [5.74, 6) is 1.33. The van der Waals surface area contributed by atoms with Crippen molar-refractivity contribution in [2.24, 2.45) is 0 Å². The number of hydrogen-bond acceptors (Lipinski definition) is 5. The molecule has 1 aliphatic heterocycles. The molecule has 0 bridgehead atoms. The molecule has 0 amide bonds. The summed E-state index contributed by atoms with van der Waals surface area (Å²) in [6.07, 6.45) is 2.39. The maximum absolute atomic E-state index is 6.06. The lowest BCUT2D eigenvalue weighted by Crippen LogP contribution is -2.36. The van der Waals surface area contributed by atoms with Gasteiger partial charge in [0.25, 0.3) is 0 Å². The normalized spacial score (nSPS) is 15.9. The van der Waals surface area contributed by atoms with Crippen molar-refractivity contribution in [2.75, 3.05) is 13.1 Å². The van der Waals surface area contributed by atoms with Gasteiger partial charge in [0.1, 0.15) is 0 Å². The molecule has 1 fully saturated rings. The number of benzene rings is 2. The summed E-state index contributed by atoms with van der Waals surface area (Å²) >= 11 is 0. The average molecular weight is 363 g/mol. The van der Waals surface area contributed by atoms with Crippen molar-refractivity contribution in [3.05, 3.63) is 71.6 Å². The Kier molecular flexibility index (Phi) is 5.61. The van der Waals surface area contributed by atoms with Crippen LogP contribution in [0.2, 0.25) is 0 Å². The van der Waals surface area contributed by atoms with Gasteiger partial charge in [-0.05, 0) is 25.3 Å². The first-order chi connectivity index (χ1) is 13.3. The van der Waals surface area contributed by atoms with Crippen molar-refractivity contribution in [3.8, 4) is 11.4 Å². The topological polar surface area (TPSA) is 51.4 Å². The highest BCUT2D eigenvalue weighted by Crippen LogP contribution is 2.20. The molecule has 3 aromatic rings. The van der Waals surface area contributed by atoms with Crippen LogP contribution in [-0.2, 0) is 17.9 Å². The number of piperidine rings is 1. The van der Waals surface area contributed by atoms with Crippen LogP contribution in [0, 0.1) is 6.92 Å². The molecule has 0 N–H and O–H groups in total. The molecule has 140 valence electrons. The predicted octanol–water partition coefficient (Wildman–Crippen LogP) is 4.23. The second-order valence-electron chi connectivity index (χ2n) is 7.15. The number of aryl methyl sites for hydroxylation is 1. The third kappa shape index (κ3) is 4.81. The Morgan fingerprint density at radius 1 is 1.04 bits per heavy atom. The van der Waals surface area contributed by atoms with E-state index < -0.39 is 0 Å². The molecule has 0 spiro atoms. The minimum atomic E-state index is 0.326. The molecule has 1 saturated heterocycles. The first-order valence-electron chi connectivity index (χ1n) is 9.54. The molecule has 4 rings (SSSR count). The summed E-state index contributed by atoms with van der Waals surface area (Å²) in [4.78, 5) is 6.90. The van der Waals surface area contributed by atoms with Crippen LogP contribution < -0.4 is 0 Å². The number of hydrogen-bond donors (Lipinski definition) is 0. The van der Waals surface area contributed by atoms with E-state index in [1.54, 1.807) is 0 Å². The zero-order valence-corrected chi connectivity index (χ0v) is 15.7. The lowest BCUT2D eigenvalue weighted by molar-refractivity contribution is -0.00555. The molecular weight excluding hydrogens is 338 g/mol. The van der Waals surface area contributed by atoms with Gasteiger partial charge in [-0.15, -0.1) is 0 Å². The molecule has 0 saturated carbocycles. The lowest BCUT2D eigenvalue weighted by atomic mass is 10.1. The molecule has 0 aliphatic carbocycles. The van der Waals surface area contributed by atoms with E-state index in [1.807, 2.05) is 18.2 Å². The standard InChI is InChI=1S/C22H25N3O2/c1-17-7-9-19(10-8-17)22-23-21(27-24-22)15-25-13-11-20(12-14-25)26-16-18-5-3-2-4-6-18/h2-10,20H,11-16H2,1H3. The fraction of sp³-hybridized carbons (Fsp3) is 0.364. The first-order valence-corrected chi connectivity index (χ1v) is 9.54. The minimum absolute atomic E-state index is 0.326. The van der Waals surface area contributed by atoms with Crippen LogP contribution in [0.25, 0.3) is 11.4 Å². The van der Waals surface area contributed by atoms with Crippen molar-refractivity contribution in [2.45, 2.75) is 39.0 Å². The van der Waals surface area contributed by atoms with Gasteiger partial charge in [-0.25, -0.2) is 0 Å². The first kappa shape index (κ1) is 17.9. The van der Waals surface area contributed by atoms with E-state index in [-0.39, 0.29) is 0 Å². The SMILES string of the molecule is Cc1ccc(-c2noc(CN3CCC(OCc4ccccc4)CC3)n2)cc1. The monoisotopic (exact) mass is 363 g/mol. The van der Waals surface area contributed by atoms with Crippen LogP contribution in [0.1, 0.15) is 29.9 Å². The summed E-state index contributed by atoms with van der Waals surface area (Å²) < 4.78 is 11.5. The van der Waals surface area contributed by atoms with Gasteiger partial charge in [0, 0.05) is 18.7 Å². The number of rotatable bonds is 6. The van der Waals surface area contributed by atoms with Crippen LogP contribution in [0.3, 0.4) is 0 Å². The largest absolute Gasteiger partial charge is 0.373 e. The second-order valence-corrected chi connectivity index (χ2v) is 7.15. The van der Waals surface area contributed by atoms with Crippen molar-refractivity contribution in [1.82, 2.24) is 15.0 Å². The zero-order chi connectivity index (χ0) is 18.5. The number of ether oxygens (including phenoxy) is 1. The third-order valence-corrected chi connectivity index (χ3v) is 5.00. The quantitative estimate of drug-likeness (QED) is 0.656.